The van der Waals surface area contributed by atoms with Crippen molar-refractivity contribution in [2.24, 2.45) is 0 Å². The zero-order chi connectivity index (χ0) is 24.1. The molecule has 178 valence electrons. The Labute approximate surface area is 198 Å². The van der Waals surface area contributed by atoms with Crippen molar-refractivity contribution in [3.05, 3.63) is 89.2 Å². The van der Waals surface area contributed by atoms with E-state index in [1.165, 1.54) is 16.4 Å². The summed E-state index contributed by atoms with van der Waals surface area (Å²) < 4.78 is 50.4. The second kappa shape index (κ2) is 10.1. The van der Waals surface area contributed by atoms with E-state index in [0.29, 0.717) is 48.9 Å². The van der Waals surface area contributed by atoms with Crippen LogP contribution in [0.25, 0.3) is 0 Å². The number of nitrogens with zero attached hydrogens (tertiary/aromatic N) is 1. The van der Waals surface area contributed by atoms with Gasteiger partial charge in [-0.05, 0) is 53.9 Å². The van der Waals surface area contributed by atoms with Gasteiger partial charge in [-0.3, -0.25) is 9.10 Å². The molecule has 0 aromatic heterocycles. The van der Waals surface area contributed by atoms with Crippen LogP contribution in [-0.4, -0.2) is 40.3 Å². The summed E-state index contributed by atoms with van der Waals surface area (Å²) in [6.45, 7) is 1.38. The average Bonchev–Trinajstić information content (AvgIpc) is 2.83. The predicted molar refractivity (Wildman–Crippen MR) is 127 cm³/mol. The van der Waals surface area contributed by atoms with E-state index in [-0.39, 0.29) is 18.3 Å². The van der Waals surface area contributed by atoms with Crippen LogP contribution >= 0.6 is 0 Å². The van der Waals surface area contributed by atoms with Gasteiger partial charge in [0.2, 0.25) is 10.0 Å². The van der Waals surface area contributed by atoms with Crippen LogP contribution in [0.4, 0.5) is 10.1 Å². The lowest BCUT2D eigenvalue weighted by atomic mass is 10.1. The lowest BCUT2D eigenvalue weighted by Crippen LogP contribution is -2.29. The van der Waals surface area contributed by atoms with Crippen molar-refractivity contribution in [2.75, 3.05) is 30.3 Å². The minimum Gasteiger partial charge on any atom is -0.486 e. The second-order valence-electron chi connectivity index (χ2n) is 7.93. The Bertz CT molecular complexity index is 1260. The lowest BCUT2D eigenvalue weighted by Gasteiger charge is -2.25. The lowest BCUT2D eigenvalue weighted by molar-refractivity contribution is 0.0954. The maximum Gasteiger partial charge on any atom is 0.251 e. The Hall–Kier alpha value is -3.59. The first kappa shape index (κ1) is 23.6. The van der Waals surface area contributed by atoms with Crippen LogP contribution in [0.3, 0.4) is 0 Å². The van der Waals surface area contributed by atoms with E-state index in [1.807, 2.05) is 0 Å². The summed E-state index contributed by atoms with van der Waals surface area (Å²) in [7, 11) is -3.58. The normalized spacial score (nSPS) is 12.8. The molecule has 0 fully saturated rings. The third-order valence-electron chi connectivity index (χ3n) is 5.37. The molecule has 0 spiro atoms. The fourth-order valence-electron chi connectivity index (χ4n) is 3.59. The van der Waals surface area contributed by atoms with Crippen molar-refractivity contribution in [2.45, 2.75) is 13.0 Å². The van der Waals surface area contributed by atoms with E-state index < -0.39 is 10.0 Å². The number of nitrogens with one attached hydrogen (secondary N) is 1. The van der Waals surface area contributed by atoms with Crippen molar-refractivity contribution in [1.29, 1.82) is 0 Å². The second-order valence-corrected chi connectivity index (χ2v) is 9.83. The molecule has 0 saturated carbocycles. The standard InChI is InChI=1S/C25H25FN2O5S/c1-34(30,31)28(22-10-11-23-24(16-22)33-15-14-32-23)17-19-2-6-20(7-3-19)25(29)27-13-12-18-4-8-21(26)9-5-18/h2-11,16H,12-15,17H2,1H3,(H,27,29). The van der Waals surface area contributed by atoms with E-state index in [1.54, 1.807) is 54.6 Å². The molecule has 4 rings (SSSR count). The molecule has 0 unspecified atom stereocenters. The highest BCUT2D eigenvalue weighted by atomic mass is 32.2. The van der Waals surface area contributed by atoms with Crippen LogP contribution in [0, 0.1) is 5.82 Å². The number of carbonyl (C=O) groups is 1. The molecule has 1 amide bonds. The molecular weight excluding hydrogens is 459 g/mol. The van der Waals surface area contributed by atoms with Crippen molar-refractivity contribution in [3.63, 3.8) is 0 Å². The van der Waals surface area contributed by atoms with E-state index in [2.05, 4.69) is 5.32 Å². The first-order valence-electron chi connectivity index (χ1n) is 10.8. The Kier molecular flexibility index (Phi) is 7.02. The smallest absolute Gasteiger partial charge is 0.251 e. The van der Waals surface area contributed by atoms with Gasteiger partial charge in [0.05, 0.1) is 18.5 Å². The Morgan fingerprint density at radius 3 is 2.26 bits per heavy atom. The van der Waals surface area contributed by atoms with Gasteiger partial charge in [0, 0.05) is 18.2 Å². The third-order valence-corrected chi connectivity index (χ3v) is 6.51. The topological polar surface area (TPSA) is 84.9 Å². The number of ether oxygens (including phenoxy) is 2. The minimum atomic E-state index is -3.58. The average molecular weight is 485 g/mol. The van der Waals surface area contributed by atoms with Gasteiger partial charge in [-0.2, -0.15) is 0 Å². The maximum atomic E-state index is 13.0. The summed E-state index contributed by atoms with van der Waals surface area (Å²) in [4.78, 5) is 12.4. The number of hydrogen-bond donors (Lipinski definition) is 1. The van der Waals surface area contributed by atoms with Crippen LogP contribution < -0.4 is 19.1 Å². The Balaban J connectivity index is 1.40. The number of fused-ring (bicyclic) bond motifs is 1. The van der Waals surface area contributed by atoms with Crippen molar-refractivity contribution in [1.82, 2.24) is 5.32 Å². The van der Waals surface area contributed by atoms with Crippen molar-refractivity contribution < 1.29 is 27.1 Å². The highest BCUT2D eigenvalue weighted by molar-refractivity contribution is 7.92. The van der Waals surface area contributed by atoms with Crippen molar-refractivity contribution >= 4 is 21.6 Å². The third kappa shape index (κ3) is 5.85. The van der Waals surface area contributed by atoms with Crippen LogP contribution in [0.1, 0.15) is 21.5 Å². The molecule has 0 bridgehead atoms. The van der Waals surface area contributed by atoms with Crippen LogP contribution in [0.5, 0.6) is 11.5 Å². The fraction of sp³-hybridized carbons (Fsp3) is 0.240. The van der Waals surface area contributed by atoms with E-state index in [9.17, 15) is 17.6 Å². The fourth-order valence-corrected chi connectivity index (χ4v) is 4.47. The molecule has 0 atom stereocenters. The molecule has 1 N–H and O–H groups in total. The summed E-state index contributed by atoms with van der Waals surface area (Å²) >= 11 is 0. The largest absolute Gasteiger partial charge is 0.486 e. The molecule has 3 aromatic carbocycles. The van der Waals surface area contributed by atoms with E-state index in [4.69, 9.17) is 9.47 Å². The van der Waals surface area contributed by atoms with Gasteiger partial charge < -0.3 is 14.8 Å². The van der Waals surface area contributed by atoms with Crippen LogP contribution in [0.15, 0.2) is 66.7 Å². The molecule has 1 heterocycles. The van der Waals surface area contributed by atoms with Gasteiger partial charge in [-0.15, -0.1) is 0 Å². The molecule has 0 aliphatic carbocycles. The molecular formula is C25H25FN2O5S. The number of amides is 1. The quantitative estimate of drug-likeness (QED) is 0.529. The van der Waals surface area contributed by atoms with Gasteiger partial charge in [-0.1, -0.05) is 24.3 Å². The molecule has 1 aliphatic rings. The summed E-state index contributed by atoms with van der Waals surface area (Å²) in [5, 5.41) is 2.84. The first-order chi connectivity index (χ1) is 16.3. The number of rotatable bonds is 8. The van der Waals surface area contributed by atoms with Gasteiger partial charge in [0.15, 0.2) is 11.5 Å². The zero-order valence-corrected chi connectivity index (χ0v) is 19.5. The molecule has 7 nitrogen and oxygen atoms in total. The van der Waals surface area contributed by atoms with E-state index in [0.717, 1.165) is 17.4 Å². The predicted octanol–water partition coefficient (Wildman–Crippen LogP) is 3.54. The Morgan fingerprint density at radius 2 is 1.59 bits per heavy atom. The van der Waals surface area contributed by atoms with Gasteiger partial charge in [-0.25, -0.2) is 12.8 Å². The number of hydrogen-bond acceptors (Lipinski definition) is 5. The van der Waals surface area contributed by atoms with Gasteiger partial charge in [0.1, 0.15) is 19.0 Å². The van der Waals surface area contributed by atoms with Crippen LogP contribution in [0.2, 0.25) is 0 Å². The summed E-state index contributed by atoms with van der Waals surface area (Å²) in [6.07, 6.45) is 1.73. The van der Waals surface area contributed by atoms with E-state index >= 15 is 0 Å². The molecule has 3 aromatic rings. The first-order valence-corrected chi connectivity index (χ1v) is 12.6. The molecule has 0 radical (unpaired) electrons. The van der Waals surface area contributed by atoms with Gasteiger partial charge in [0.25, 0.3) is 5.91 Å². The monoisotopic (exact) mass is 484 g/mol. The molecule has 9 heteroatoms. The summed E-state index contributed by atoms with van der Waals surface area (Å²) in [5.41, 5.74) is 2.59. The minimum absolute atomic E-state index is 0.102. The number of carbonyl (C=O) groups excluding carboxylic acids is 1. The molecule has 1 aliphatic heterocycles. The highest BCUT2D eigenvalue weighted by Gasteiger charge is 2.21. The number of benzene rings is 3. The van der Waals surface area contributed by atoms with Gasteiger partial charge >= 0.3 is 0 Å². The number of halogens is 1. The zero-order valence-electron chi connectivity index (χ0n) is 18.7. The van der Waals surface area contributed by atoms with Crippen molar-refractivity contribution in [3.8, 4) is 11.5 Å². The summed E-state index contributed by atoms with van der Waals surface area (Å²) in [6, 6.07) is 17.9. The molecule has 34 heavy (non-hydrogen) atoms. The summed E-state index contributed by atoms with van der Waals surface area (Å²) in [5.74, 6) is 0.556. The van der Waals surface area contributed by atoms with Crippen LogP contribution in [-0.2, 0) is 23.0 Å². The Morgan fingerprint density at radius 1 is 0.941 bits per heavy atom. The molecule has 0 saturated heterocycles. The number of sulfonamides is 1. The maximum absolute atomic E-state index is 13.0. The number of anilines is 1. The SMILES string of the molecule is CS(=O)(=O)N(Cc1ccc(C(=O)NCCc2ccc(F)cc2)cc1)c1ccc2c(c1)OCCO2. The highest BCUT2D eigenvalue weighted by Crippen LogP contribution is 2.35.